The van der Waals surface area contributed by atoms with E-state index in [2.05, 4.69) is 0 Å². The van der Waals surface area contributed by atoms with Crippen LogP contribution in [-0.4, -0.2) is 25.9 Å². The van der Waals surface area contributed by atoms with Crippen LogP contribution in [0, 0.1) is 5.82 Å². The molecule has 0 saturated carbocycles. The van der Waals surface area contributed by atoms with Crippen molar-refractivity contribution in [1.29, 1.82) is 0 Å². The van der Waals surface area contributed by atoms with Crippen molar-refractivity contribution in [3.8, 4) is 0 Å². The van der Waals surface area contributed by atoms with E-state index < -0.39 is 11.6 Å². The van der Waals surface area contributed by atoms with Crippen LogP contribution in [0.4, 0.5) is 4.39 Å². The topological polar surface area (TPSA) is 44.5 Å². The molecule has 18 heavy (non-hydrogen) atoms. The number of hydrogen-bond donors (Lipinski definition) is 1. The fraction of sp³-hybridized carbons (Fsp3) is 0.538. The van der Waals surface area contributed by atoms with Crippen molar-refractivity contribution < 1.29 is 13.9 Å². The Morgan fingerprint density at radius 1 is 1.44 bits per heavy atom. The van der Waals surface area contributed by atoms with E-state index in [4.69, 9.17) is 26.8 Å². The molecule has 1 aliphatic heterocycles. The van der Waals surface area contributed by atoms with Gasteiger partial charge < -0.3 is 15.2 Å². The molecule has 1 unspecified atom stereocenters. The highest BCUT2D eigenvalue weighted by Gasteiger charge is 2.40. The quantitative estimate of drug-likeness (QED) is 0.921. The lowest BCUT2D eigenvalue weighted by Crippen LogP contribution is -2.47. The fourth-order valence-corrected chi connectivity index (χ4v) is 2.63. The van der Waals surface area contributed by atoms with Crippen LogP contribution in [0.15, 0.2) is 18.2 Å². The lowest BCUT2D eigenvalue weighted by atomic mass is 9.82. The number of ether oxygens (including phenoxy) is 2. The molecule has 1 heterocycles. The molecule has 0 bridgehead atoms. The summed E-state index contributed by atoms with van der Waals surface area (Å²) in [5.74, 6) is -0.344. The molecule has 1 aromatic rings. The summed E-state index contributed by atoms with van der Waals surface area (Å²) in [7, 11) is 1.62. The Morgan fingerprint density at radius 3 is 2.72 bits per heavy atom. The first-order valence-corrected chi connectivity index (χ1v) is 6.30. The van der Waals surface area contributed by atoms with Crippen molar-refractivity contribution >= 4 is 11.6 Å². The highest BCUT2D eigenvalue weighted by molar-refractivity contribution is 6.31. The zero-order chi connectivity index (χ0) is 13.2. The van der Waals surface area contributed by atoms with Crippen molar-refractivity contribution in [2.45, 2.75) is 24.5 Å². The predicted octanol–water partition coefficient (Wildman–Crippen LogP) is 2.67. The molecule has 0 radical (unpaired) electrons. The van der Waals surface area contributed by atoms with Gasteiger partial charge in [0.1, 0.15) is 5.82 Å². The maximum atomic E-state index is 13.3. The van der Waals surface area contributed by atoms with Gasteiger partial charge in [-0.2, -0.15) is 0 Å². The average molecular weight is 274 g/mol. The highest BCUT2D eigenvalue weighted by atomic mass is 35.5. The SMILES string of the molecule is COC1(C(N)c2cc(F)ccc2Cl)CCOCC1. The summed E-state index contributed by atoms with van der Waals surface area (Å²) >= 11 is 6.10. The third-order valence-electron chi connectivity index (χ3n) is 3.61. The van der Waals surface area contributed by atoms with Crippen molar-refractivity contribution in [2.24, 2.45) is 5.73 Å². The van der Waals surface area contributed by atoms with Crippen LogP contribution in [0.1, 0.15) is 24.4 Å². The third-order valence-corrected chi connectivity index (χ3v) is 3.95. The Bertz CT molecular complexity index is 421. The zero-order valence-corrected chi connectivity index (χ0v) is 11.0. The van der Waals surface area contributed by atoms with Gasteiger partial charge in [-0.05, 0) is 23.8 Å². The summed E-state index contributed by atoms with van der Waals surface area (Å²) in [6, 6.07) is 3.76. The number of hydrogen-bond acceptors (Lipinski definition) is 3. The van der Waals surface area contributed by atoms with Crippen molar-refractivity contribution in [2.75, 3.05) is 20.3 Å². The number of rotatable bonds is 3. The smallest absolute Gasteiger partial charge is 0.123 e. The average Bonchev–Trinajstić information content (AvgIpc) is 2.41. The summed E-state index contributed by atoms with van der Waals surface area (Å²) in [4.78, 5) is 0. The minimum atomic E-state index is -0.532. The maximum absolute atomic E-state index is 13.3. The molecule has 0 aromatic heterocycles. The van der Waals surface area contributed by atoms with Gasteiger partial charge in [-0.25, -0.2) is 4.39 Å². The predicted molar refractivity (Wildman–Crippen MR) is 68.1 cm³/mol. The van der Waals surface area contributed by atoms with E-state index in [1.165, 1.54) is 18.2 Å². The molecule has 2 rings (SSSR count). The van der Waals surface area contributed by atoms with Gasteiger partial charge in [0, 0.05) is 38.2 Å². The molecule has 5 heteroatoms. The van der Waals surface area contributed by atoms with E-state index in [0.29, 0.717) is 36.6 Å². The number of halogens is 2. The molecule has 1 aromatic carbocycles. The maximum Gasteiger partial charge on any atom is 0.123 e. The summed E-state index contributed by atoms with van der Waals surface area (Å²) in [5.41, 5.74) is 6.30. The Balaban J connectivity index is 2.33. The van der Waals surface area contributed by atoms with Gasteiger partial charge in [-0.3, -0.25) is 0 Å². The van der Waals surface area contributed by atoms with E-state index in [9.17, 15) is 4.39 Å². The van der Waals surface area contributed by atoms with Gasteiger partial charge in [0.15, 0.2) is 0 Å². The van der Waals surface area contributed by atoms with Crippen LogP contribution in [-0.2, 0) is 9.47 Å². The minimum absolute atomic E-state index is 0.344. The molecule has 1 saturated heterocycles. The molecule has 100 valence electrons. The van der Waals surface area contributed by atoms with Crippen molar-refractivity contribution in [1.82, 2.24) is 0 Å². The van der Waals surface area contributed by atoms with Crippen LogP contribution in [0.25, 0.3) is 0 Å². The van der Waals surface area contributed by atoms with Crippen LogP contribution >= 0.6 is 11.6 Å². The molecule has 0 aliphatic carbocycles. The van der Waals surface area contributed by atoms with Crippen LogP contribution in [0.5, 0.6) is 0 Å². The number of benzene rings is 1. The Kier molecular flexibility index (Phi) is 4.22. The Labute approximate surface area is 111 Å². The van der Waals surface area contributed by atoms with Crippen molar-refractivity contribution in [3.63, 3.8) is 0 Å². The minimum Gasteiger partial charge on any atom is -0.381 e. The van der Waals surface area contributed by atoms with E-state index in [-0.39, 0.29) is 5.82 Å². The van der Waals surface area contributed by atoms with Gasteiger partial charge in [0.05, 0.1) is 11.6 Å². The molecular formula is C13H17ClFNO2. The molecule has 1 fully saturated rings. The summed E-state index contributed by atoms with van der Waals surface area (Å²) in [5, 5.41) is 0.465. The van der Waals surface area contributed by atoms with Crippen molar-refractivity contribution in [3.05, 3.63) is 34.6 Å². The zero-order valence-electron chi connectivity index (χ0n) is 10.3. The van der Waals surface area contributed by atoms with Crippen LogP contribution in [0.2, 0.25) is 5.02 Å². The van der Waals surface area contributed by atoms with Gasteiger partial charge in [-0.15, -0.1) is 0 Å². The molecule has 3 nitrogen and oxygen atoms in total. The number of methoxy groups -OCH3 is 1. The van der Waals surface area contributed by atoms with E-state index >= 15 is 0 Å². The molecule has 2 N–H and O–H groups in total. The van der Waals surface area contributed by atoms with Gasteiger partial charge in [0.2, 0.25) is 0 Å². The summed E-state index contributed by atoms with van der Waals surface area (Å²) < 4.78 is 24.3. The second-order valence-electron chi connectivity index (χ2n) is 4.52. The lowest BCUT2D eigenvalue weighted by molar-refractivity contribution is -0.105. The first-order valence-electron chi connectivity index (χ1n) is 5.92. The summed E-state index contributed by atoms with van der Waals surface area (Å²) in [6.45, 7) is 1.18. The fourth-order valence-electron chi connectivity index (χ4n) is 2.40. The monoisotopic (exact) mass is 273 g/mol. The van der Waals surface area contributed by atoms with Gasteiger partial charge >= 0.3 is 0 Å². The number of nitrogens with two attached hydrogens (primary N) is 1. The molecule has 0 spiro atoms. The van der Waals surface area contributed by atoms with Crippen LogP contribution < -0.4 is 5.73 Å². The van der Waals surface area contributed by atoms with E-state index in [1.807, 2.05) is 0 Å². The van der Waals surface area contributed by atoms with E-state index in [1.54, 1.807) is 7.11 Å². The van der Waals surface area contributed by atoms with Gasteiger partial charge in [0.25, 0.3) is 0 Å². The first kappa shape index (κ1) is 13.7. The molecular weight excluding hydrogens is 257 g/mol. The highest BCUT2D eigenvalue weighted by Crippen LogP contribution is 2.38. The van der Waals surface area contributed by atoms with Gasteiger partial charge in [-0.1, -0.05) is 11.6 Å². The van der Waals surface area contributed by atoms with Crippen LogP contribution in [0.3, 0.4) is 0 Å². The Hall–Kier alpha value is -0.680. The lowest BCUT2D eigenvalue weighted by Gasteiger charge is -2.41. The summed E-state index contributed by atoms with van der Waals surface area (Å²) in [6.07, 6.45) is 1.36. The molecule has 0 amide bonds. The third kappa shape index (κ3) is 2.52. The second-order valence-corrected chi connectivity index (χ2v) is 4.93. The molecule has 1 atom stereocenters. The molecule has 1 aliphatic rings. The largest absolute Gasteiger partial charge is 0.381 e. The standard InChI is InChI=1S/C13H17ClFNO2/c1-17-13(4-6-18-7-5-13)12(16)10-8-9(15)2-3-11(10)14/h2-3,8,12H,4-7,16H2,1H3. The first-order chi connectivity index (χ1) is 8.59. The normalized spacial score (nSPS) is 20.7. The second kappa shape index (κ2) is 5.53. The Morgan fingerprint density at radius 2 is 2.11 bits per heavy atom. The van der Waals surface area contributed by atoms with E-state index in [0.717, 1.165) is 0 Å².